The van der Waals surface area contributed by atoms with Gasteiger partial charge in [-0.05, 0) is 61.5 Å². The van der Waals surface area contributed by atoms with Crippen molar-refractivity contribution in [2.24, 2.45) is 10.8 Å². The van der Waals surface area contributed by atoms with Crippen molar-refractivity contribution < 1.29 is 0 Å². The summed E-state index contributed by atoms with van der Waals surface area (Å²) in [5.74, 6) is 0. The molecule has 1 heterocycles. The van der Waals surface area contributed by atoms with Gasteiger partial charge in [0.15, 0.2) is 0 Å². The molecule has 0 aliphatic heterocycles. The summed E-state index contributed by atoms with van der Waals surface area (Å²) in [6.07, 6.45) is 12.4. The first-order chi connectivity index (χ1) is 11.8. The first-order valence-electron chi connectivity index (χ1n) is 9.92. The molecule has 1 fully saturated rings. The molecule has 2 nitrogen and oxygen atoms in total. The number of benzene rings is 1. The minimum Gasteiger partial charge on any atom is -0.398 e. The average molecular weight is 339 g/mol. The van der Waals surface area contributed by atoms with Crippen molar-refractivity contribution in [1.82, 2.24) is 4.98 Å². The molecule has 0 amide bonds. The number of aryl methyl sites for hydroxylation is 1. The third-order valence-electron chi connectivity index (χ3n) is 6.42. The largest absolute Gasteiger partial charge is 0.398 e. The predicted molar refractivity (Wildman–Crippen MR) is 109 cm³/mol. The third-order valence-corrected chi connectivity index (χ3v) is 6.42. The summed E-state index contributed by atoms with van der Waals surface area (Å²) in [4.78, 5) is 4.78. The Morgan fingerprint density at radius 1 is 0.920 bits per heavy atom. The Balaban J connectivity index is 1.91. The van der Waals surface area contributed by atoms with Gasteiger partial charge in [-0.15, -0.1) is 0 Å². The van der Waals surface area contributed by atoms with Crippen molar-refractivity contribution in [2.75, 3.05) is 5.73 Å². The number of rotatable bonds is 2. The van der Waals surface area contributed by atoms with Gasteiger partial charge in [0, 0.05) is 28.4 Å². The van der Waals surface area contributed by atoms with Gasteiger partial charge in [-0.2, -0.15) is 0 Å². The number of nitrogen functional groups attached to an aromatic ring is 1. The molecule has 25 heavy (non-hydrogen) atoms. The van der Waals surface area contributed by atoms with Crippen LogP contribution in [0, 0.1) is 17.8 Å². The van der Waals surface area contributed by atoms with E-state index in [2.05, 4.69) is 45.9 Å². The van der Waals surface area contributed by atoms with Crippen molar-refractivity contribution in [3.8, 4) is 0 Å². The molecule has 0 bridgehead atoms. The van der Waals surface area contributed by atoms with Crippen LogP contribution >= 0.6 is 0 Å². The summed E-state index contributed by atoms with van der Waals surface area (Å²) >= 11 is 0. The van der Waals surface area contributed by atoms with Gasteiger partial charge in [0.1, 0.15) is 0 Å². The molecule has 0 radical (unpaired) electrons. The van der Waals surface area contributed by atoms with E-state index in [-0.39, 0.29) is 0 Å². The Morgan fingerprint density at radius 2 is 1.68 bits per heavy atom. The smallest absolute Gasteiger partial charge is 0.0488 e. The van der Waals surface area contributed by atoms with Crippen LogP contribution < -0.4 is 5.73 Å². The maximum Gasteiger partial charge on any atom is 0.0488 e. The molecule has 2 heteroatoms. The molecule has 3 rings (SSSR count). The van der Waals surface area contributed by atoms with Gasteiger partial charge in [0.05, 0.1) is 0 Å². The van der Waals surface area contributed by atoms with Gasteiger partial charge in [0.2, 0.25) is 0 Å². The van der Waals surface area contributed by atoms with Crippen LogP contribution in [-0.2, 0) is 6.42 Å². The van der Waals surface area contributed by atoms with E-state index in [0.29, 0.717) is 10.8 Å². The molecular weight excluding hydrogens is 304 g/mol. The van der Waals surface area contributed by atoms with Crippen molar-refractivity contribution in [3.05, 3.63) is 35.7 Å². The highest BCUT2D eigenvalue weighted by Crippen LogP contribution is 2.42. The van der Waals surface area contributed by atoms with Crippen LogP contribution in [0.3, 0.4) is 0 Å². The first kappa shape index (κ1) is 18.2. The summed E-state index contributed by atoms with van der Waals surface area (Å²) in [5.41, 5.74) is 10.4. The molecule has 1 aliphatic carbocycles. The van der Waals surface area contributed by atoms with Gasteiger partial charge < -0.3 is 5.73 Å². The second kappa shape index (κ2) is 6.97. The highest BCUT2D eigenvalue weighted by atomic mass is 14.7. The number of nitrogens with zero attached hydrogens (tertiary/aromatic N) is 1. The number of hydrogen-bond donors (Lipinski definition) is 1. The van der Waals surface area contributed by atoms with Gasteiger partial charge in [-0.3, -0.25) is 4.98 Å². The van der Waals surface area contributed by atoms with Crippen LogP contribution in [0.2, 0.25) is 0 Å². The molecule has 1 aromatic carbocycles. The summed E-state index contributed by atoms with van der Waals surface area (Å²) in [5, 5.41) is 2.41. The lowest BCUT2D eigenvalue weighted by molar-refractivity contribution is 0.207. The van der Waals surface area contributed by atoms with E-state index >= 15 is 0 Å². The van der Waals surface area contributed by atoms with Gasteiger partial charge in [-0.1, -0.05) is 52.2 Å². The van der Waals surface area contributed by atoms with E-state index in [1.807, 2.05) is 6.20 Å². The molecule has 1 unspecified atom stereocenters. The zero-order valence-corrected chi connectivity index (χ0v) is 16.5. The number of fused-ring (bicyclic) bond motifs is 1. The lowest BCUT2D eigenvalue weighted by Crippen LogP contribution is -2.23. The quantitative estimate of drug-likeness (QED) is 0.639. The second-order valence-corrected chi connectivity index (χ2v) is 9.36. The average Bonchev–Trinajstić information content (AvgIpc) is 2.62. The number of aromatic nitrogens is 1. The Hall–Kier alpha value is -1.57. The maximum absolute atomic E-state index is 6.33. The maximum atomic E-state index is 6.33. The zero-order valence-electron chi connectivity index (χ0n) is 16.5. The van der Waals surface area contributed by atoms with Crippen LogP contribution in [-0.4, -0.2) is 4.98 Å². The van der Waals surface area contributed by atoms with Crippen LogP contribution in [0.15, 0.2) is 24.4 Å². The van der Waals surface area contributed by atoms with Gasteiger partial charge in [-0.25, -0.2) is 0 Å². The standard InChI is InChI=1S/C23H34N2/c1-17-8-9-18-19(21(17)24)10-15-25-20(18)16-23(4)12-7-5-6-11-22(2,3)13-14-23/h8-10,15H,5-7,11-14,16,24H2,1-4H3. The summed E-state index contributed by atoms with van der Waals surface area (Å²) < 4.78 is 0. The van der Waals surface area contributed by atoms with E-state index in [1.165, 1.54) is 56.0 Å². The topological polar surface area (TPSA) is 38.9 Å². The van der Waals surface area contributed by atoms with Crippen molar-refractivity contribution in [1.29, 1.82) is 0 Å². The van der Waals surface area contributed by atoms with Crippen molar-refractivity contribution in [2.45, 2.75) is 79.1 Å². The van der Waals surface area contributed by atoms with E-state index in [9.17, 15) is 0 Å². The molecule has 1 saturated carbocycles. The normalized spacial score (nSPS) is 24.5. The molecule has 0 spiro atoms. The highest BCUT2D eigenvalue weighted by molar-refractivity contribution is 5.95. The number of hydrogen-bond acceptors (Lipinski definition) is 2. The molecule has 2 aromatic rings. The van der Waals surface area contributed by atoms with E-state index in [0.717, 1.165) is 23.1 Å². The number of nitrogens with two attached hydrogens (primary N) is 1. The SMILES string of the molecule is Cc1ccc2c(CC3(C)CCCCCC(C)(C)CC3)nccc2c1N. The molecule has 0 saturated heterocycles. The van der Waals surface area contributed by atoms with Crippen LogP contribution in [0.25, 0.3) is 10.8 Å². The molecular formula is C23H34N2. The lowest BCUT2D eigenvalue weighted by atomic mass is 9.73. The van der Waals surface area contributed by atoms with Gasteiger partial charge >= 0.3 is 0 Å². The second-order valence-electron chi connectivity index (χ2n) is 9.36. The summed E-state index contributed by atoms with van der Waals surface area (Å²) in [7, 11) is 0. The van der Waals surface area contributed by atoms with Crippen molar-refractivity contribution >= 4 is 16.5 Å². The van der Waals surface area contributed by atoms with Crippen LogP contribution in [0.4, 0.5) is 5.69 Å². The molecule has 1 aromatic heterocycles. The van der Waals surface area contributed by atoms with Gasteiger partial charge in [0.25, 0.3) is 0 Å². The minimum absolute atomic E-state index is 0.336. The lowest BCUT2D eigenvalue weighted by Gasteiger charge is -2.33. The van der Waals surface area contributed by atoms with E-state index in [4.69, 9.17) is 10.7 Å². The fourth-order valence-electron chi connectivity index (χ4n) is 4.39. The summed E-state index contributed by atoms with van der Waals surface area (Å²) in [6, 6.07) is 6.42. The number of anilines is 1. The van der Waals surface area contributed by atoms with Crippen molar-refractivity contribution in [3.63, 3.8) is 0 Å². The number of pyridine rings is 1. The Kier molecular flexibility index (Phi) is 5.09. The molecule has 1 aliphatic rings. The molecule has 136 valence electrons. The fourth-order valence-corrected chi connectivity index (χ4v) is 4.39. The zero-order chi connectivity index (χ0) is 18.1. The minimum atomic E-state index is 0.336. The van der Waals surface area contributed by atoms with Crippen LogP contribution in [0.1, 0.15) is 77.0 Å². The Morgan fingerprint density at radius 3 is 2.48 bits per heavy atom. The third kappa shape index (κ3) is 4.16. The predicted octanol–water partition coefficient (Wildman–Crippen LogP) is 6.44. The van der Waals surface area contributed by atoms with E-state index in [1.54, 1.807) is 0 Å². The highest BCUT2D eigenvalue weighted by Gasteiger charge is 2.30. The van der Waals surface area contributed by atoms with Crippen LogP contribution in [0.5, 0.6) is 0 Å². The monoisotopic (exact) mass is 338 g/mol. The Bertz CT molecular complexity index is 747. The summed E-state index contributed by atoms with van der Waals surface area (Å²) in [6.45, 7) is 9.44. The molecule has 2 N–H and O–H groups in total. The fraction of sp³-hybridized carbons (Fsp3) is 0.609. The molecule has 1 atom stereocenters. The Labute approximate surface area is 153 Å². The first-order valence-corrected chi connectivity index (χ1v) is 9.92. The van der Waals surface area contributed by atoms with E-state index < -0.39 is 0 Å².